The Kier molecular flexibility index (Phi) is 9.95. The minimum absolute atomic E-state index is 0.0170. The molecule has 1 aliphatic rings. The van der Waals surface area contributed by atoms with Crippen LogP contribution in [0.5, 0.6) is 0 Å². The van der Waals surface area contributed by atoms with Gasteiger partial charge in [0.25, 0.3) is 5.91 Å². The van der Waals surface area contributed by atoms with Crippen LogP contribution in [0.2, 0.25) is 0 Å². The summed E-state index contributed by atoms with van der Waals surface area (Å²) in [6, 6.07) is 9.88. The van der Waals surface area contributed by atoms with Crippen LogP contribution in [0, 0.1) is 5.92 Å². The van der Waals surface area contributed by atoms with E-state index in [0.717, 1.165) is 41.1 Å². The van der Waals surface area contributed by atoms with Crippen molar-refractivity contribution in [3.63, 3.8) is 0 Å². The first-order valence-electron chi connectivity index (χ1n) is 12.7. The molecule has 1 saturated heterocycles. The minimum atomic E-state index is -0.145. The standard InChI is InChI=1S/C27H38N4O3S/c1-6-30(7-2)24-17-23(19(4)5)28-27(29-24)35-18-20-9-11-21(12-10-20)25(32)31-15-13-22(14-16-31)26(33)34-8-3/h9-12,17,19,22H,6-8,13-16,18H2,1-5H3. The zero-order valence-corrected chi connectivity index (χ0v) is 22.4. The molecule has 1 fully saturated rings. The van der Waals surface area contributed by atoms with Crippen LogP contribution < -0.4 is 4.90 Å². The highest BCUT2D eigenvalue weighted by atomic mass is 32.2. The predicted molar refractivity (Wildman–Crippen MR) is 141 cm³/mol. The third-order valence-electron chi connectivity index (χ3n) is 6.36. The molecule has 35 heavy (non-hydrogen) atoms. The molecule has 1 aromatic carbocycles. The van der Waals surface area contributed by atoms with Gasteiger partial charge >= 0.3 is 5.97 Å². The fraction of sp³-hybridized carbons (Fsp3) is 0.556. The first-order valence-corrected chi connectivity index (χ1v) is 13.7. The molecule has 0 N–H and O–H groups in total. The molecule has 190 valence electrons. The van der Waals surface area contributed by atoms with Crippen LogP contribution in [0.4, 0.5) is 5.82 Å². The Balaban J connectivity index is 1.60. The smallest absolute Gasteiger partial charge is 0.309 e. The summed E-state index contributed by atoms with van der Waals surface area (Å²) in [5, 5.41) is 0.780. The Labute approximate surface area is 213 Å². The Morgan fingerprint density at radius 2 is 1.74 bits per heavy atom. The molecule has 1 aromatic heterocycles. The van der Waals surface area contributed by atoms with E-state index in [-0.39, 0.29) is 17.8 Å². The average Bonchev–Trinajstić information content (AvgIpc) is 2.88. The molecule has 1 amide bonds. The Morgan fingerprint density at radius 3 is 2.31 bits per heavy atom. The van der Waals surface area contributed by atoms with E-state index in [9.17, 15) is 9.59 Å². The third-order valence-corrected chi connectivity index (χ3v) is 7.28. The molecule has 0 bridgehead atoms. The van der Waals surface area contributed by atoms with Crippen LogP contribution in [0.15, 0.2) is 35.5 Å². The summed E-state index contributed by atoms with van der Waals surface area (Å²) >= 11 is 1.62. The van der Waals surface area contributed by atoms with Gasteiger partial charge in [-0.25, -0.2) is 9.97 Å². The second-order valence-corrected chi connectivity index (χ2v) is 10.0. The van der Waals surface area contributed by atoms with Gasteiger partial charge in [0.2, 0.25) is 0 Å². The van der Waals surface area contributed by atoms with Gasteiger partial charge in [-0.2, -0.15) is 0 Å². The average molecular weight is 499 g/mol. The van der Waals surface area contributed by atoms with Crippen molar-refractivity contribution in [2.75, 3.05) is 37.7 Å². The van der Waals surface area contributed by atoms with Gasteiger partial charge in [-0.1, -0.05) is 37.7 Å². The van der Waals surface area contributed by atoms with Crippen molar-refractivity contribution in [3.05, 3.63) is 47.2 Å². The number of anilines is 1. The monoisotopic (exact) mass is 498 g/mol. The van der Waals surface area contributed by atoms with Crippen molar-refractivity contribution in [2.24, 2.45) is 5.92 Å². The van der Waals surface area contributed by atoms with Gasteiger partial charge in [-0.05, 0) is 57.2 Å². The fourth-order valence-corrected chi connectivity index (χ4v) is 4.97. The number of hydrogen-bond acceptors (Lipinski definition) is 7. The molecule has 0 saturated carbocycles. The number of likely N-dealkylation sites (tertiary alicyclic amines) is 1. The number of hydrogen-bond donors (Lipinski definition) is 0. The van der Waals surface area contributed by atoms with Crippen molar-refractivity contribution in [1.82, 2.24) is 14.9 Å². The quantitative estimate of drug-likeness (QED) is 0.255. The summed E-state index contributed by atoms with van der Waals surface area (Å²) in [4.78, 5) is 38.5. The molecule has 0 aliphatic carbocycles. The number of esters is 1. The molecule has 0 atom stereocenters. The first-order chi connectivity index (χ1) is 16.9. The lowest BCUT2D eigenvalue weighted by Crippen LogP contribution is -2.40. The maximum absolute atomic E-state index is 12.9. The van der Waals surface area contributed by atoms with E-state index in [1.165, 1.54) is 0 Å². The van der Waals surface area contributed by atoms with Crippen LogP contribution in [0.1, 0.15) is 75.0 Å². The largest absolute Gasteiger partial charge is 0.466 e. The second kappa shape index (κ2) is 12.9. The molecule has 0 unspecified atom stereocenters. The van der Waals surface area contributed by atoms with Gasteiger partial charge in [0.05, 0.1) is 12.5 Å². The summed E-state index contributed by atoms with van der Waals surface area (Å²) in [6.45, 7) is 13.8. The molecule has 1 aliphatic heterocycles. The maximum atomic E-state index is 12.9. The van der Waals surface area contributed by atoms with Gasteiger partial charge in [-0.3, -0.25) is 9.59 Å². The number of piperidine rings is 1. The van der Waals surface area contributed by atoms with E-state index in [1.807, 2.05) is 36.1 Å². The van der Waals surface area contributed by atoms with Gasteiger partial charge in [0.15, 0.2) is 5.16 Å². The summed E-state index contributed by atoms with van der Waals surface area (Å²) in [5.74, 6) is 1.82. The molecule has 3 rings (SSSR count). The first kappa shape index (κ1) is 27.0. The number of nitrogens with zero attached hydrogens (tertiary/aromatic N) is 4. The van der Waals surface area contributed by atoms with Crippen molar-refractivity contribution >= 4 is 29.5 Å². The van der Waals surface area contributed by atoms with Crippen LogP contribution >= 0.6 is 11.8 Å². The SMILES string of the molecule is CCOC(=O)C1CCN(C(=O)c2ccc(CSc3nc(C(C)C)cc(N(CC)CC)n3)cc2)CC1. The van der Waals surface area contributed by atoms with Gasteiger partial charge in [0.1, 0.15) is 5.82 Å². The summed E-state index contributed by atoms with van der Waals surface area (Å²) in [5.41, 5.74) is 2.85. The van der Waals surface area contributed by atoms with Crippen molar-refractivity contribution in [2.45, 2.75) is 64.3 Å². The normalized spacial score (nSPS) is 14.3. The number of carbonyl (C=O) groups excluding carboxylic acids is 2. The van der Waals surface area contributed by atoms with Gasteiger partial charge in [0, 0.05) is 49.3 Å². The molecule has 7 nitrogen and oxygen atoms in total. The fourth-order valence-electron chi connectivity index (χ4n) is 4.15. The predicted octanol–water partition coefficient (Wildman–Crippen LogP) is 5.15. The number of ether oxygens (including phenoxy) is 1. The summed E-state index contributed by atoms with van der Waals surface area (Å²) < 4.78 is 5.12. The third kappa shape index (κ3) is 7.19. The highest BCUT2D eigenvalue weighted by Crippen LogP contribution is 2.26. The number of carbonyl (C=O) groups is 2. The molecule has 2 aromatic rings. The van der Waals surface area contributed by atoms with E-state index in [2.05, 4.69) is 38.7 Å². The number of amides is 1. The van der Waals surface area contributed by atoms with E-state index < -0.39 is 0 Å². The molecule has 0 spiro atoms. The lowest BCUT2D eigenvalue weighted by atomic mass is 9.96. The number of benzene rings is 1. The van der Waals surface area contributed by atoms with Crippen molar-refractivity contribution in [3.8, 4) is 0 Å². The Morgan fingerprint density at radius 1 is 1.09 bits per heavy atom. The summed E-state index contributed by atoms with van der Waals surface area (Å²) in [6.07, 6.45) is 1.31. The van der Waals surface area contributed by atoms with Crippen LogP contribution in [-0.2, 0) is 15.3 Å². The van der Waals surface area contributed by atoms with E-state index in [0.29, 0.717) is 44.0 Å². The van der Waals surface area contributed by atoms with E-state index in [4.69, 9.17) is 14.7 Å². The Hall–Kier alpha value is -2.61. The number of thioether (sulfide) groups is 1. The topological polar surface area (TPSA) is 75.6 Å². The van der Waals surface area contributed by atoms with Crippen LogP contribution in [0.3, 0.4) is 0 Å². The van der Waals surface area contributed by atoms with E-state index >= 15 is 0 Å². The Bertz CT molecular complexity index is 984. The lowest BCUT2D eigenvalue weighted by Gasteiger charge is -2.31. The minimum Gasteiger partial charge on any atom is -0.466 e. The molecule has 8 heteroatoms. The maximum Gasteiger partial charge on any atom is 0.309 e. The molecule has 2 heterocycles. The van der Waals surface area contributed by atoms with E-state index in [1.54, 1.807) is 11.8 Å². The van der Waals surface area contributed by atoms with Crippen LogP contribution in [0.25, 0.3) is 0 Å². The molecule has 0 radical (unpaired) electrons. The highest BCUT2D eigenvalue weighted by molar-refractivity contribution is 7.98. The van der Waals surface area contributed by atoms with Gasteiger partial charge in [-0.15, -0.1) is 0 Å². The van der Waals surface area contributed by atoms with Crippen molar-refractivity contribution < 1.29 is 14.3 Å². The zero-order valence-electron chi connectivity index (χ0n) is 21.6. The molecular formula is C27H38N4O3S. The molecular weight excluding hydrogens is 460 g/mol. The van der Waals surface area contributed by atoms with Gasteiger partial charge < -0.3 is 14.5 Å². The highest BCUT2D eigenvalue weighted by Gasteiger charge is 2.28. The lowest BCUT2D eigenvalue weighted by molar-refractivity contribution is -0.149. The zero-order chi connectivity index (χ0) is 25.4. The number of aromatic nitrogens is 2. The van der Waals surface area contributed by atoms with Crippen LogP contribution in [-0.4, -0.2) is 59.5 Å². The summed E-state index contributed by atoms with van der Waals surface area (Å²) in [7, 11) is 0. The second-order valence-electron chi connectivity index (χ2n) is 9.06. The van der Waals surface area contributed by atoms with Crippen molar-refractivity contribution in [1.29, 1.82) is 0 Å². The number of rotatable bonds is 10.